The molecule has 0 aromatic heterocycles. The summed E-state index contributed by atoms with van der Waals surface area (Å²) in [6.45, 7) is 1.11. The zero-order valence-electron chi connectivity index (χ0n) is 19.0. The third-order valence-electron chi connectivity index (χ3n) is 5.86. The number of likely N-dealkylation sites (tertiary alicyclic amines) is 1. The number of carbonyl (C=O) groups is 3. The van der Waals surface area contributed by atoms with Crippen LogP contribution in [0.4, 0.5) is 5.69 Å². The molecule has 4 rings (SSSR count). The third-order valence-corrected chi connectivity index (χ3v) is 5.86. The van der Waals surface area contributed by atoms with E-state index in [1.54, 1.807) is 36.3 Å². The van der Waals surface area contributed by atoms with Crippen molar-refractivity contribution in [3.63, 3.8) is 0 Å². The fourth-order valence-electron chi connectivity index (χ4n) is 4.05. The van der Waals surface area contributed by atoms with E-state index in [9.17, 15) is 14.4 Å². The van der Waals surface area contributed by atoms with Crippen molar-refractivity contribution in [1.82, 2.24) is 10.2 Å². The molecule has 3 amide bonds. The Morgan fingerprint density at radius 2 is 1.68 bits per heavy atom. The second-order valence-corrected chi connectivity index (χ2v) is 8.19. The first-order chi connectivity index (χ1) is 16.5. The SMILES string of the molecule is COc1ccccc1CNC(=O)c1ccccc1NC(=O)[C@H]1CC(=O)N(Cc2ccccc2)C1. The summed E-state index contributed by atoms with van der Waals surface area (Å²) in [5.41, 5.74) is 2.65. The zero-order chi connectivity index (χ0) is 23.9. The predicted molar refractivity (Wildman–Crippen MR) is 129 cm³/mol. The zero-order valence-corrected chi connectivity index (χ0v) is 19.0. The number of para-hydroxylation sites is 2. The third kappa shape index (κ3) is 5.43. The van der Waals surface area contributed by atoms with Crippen LogP contribution in [0.2, 0.25) is 0 Å². The Hall–Kier alpha value is -4.13. The molecule has 174 valence electrons. The summed E-state index contributed by atoms with van der Waals surface area (Å²) < 4.78 is 5.33. The molecule has 1 fully saturated rings. The molecule has 0 unspecified atom stereocenters. The van der Waals surface area contributed by atoms with Crippen LogP contribution in [0.3, 0.4) is 0 Å². The quantitative estimate of drug-likeness (QED) is 0.541. The minimum absolute atomic E-state index is 0.0492. The van der Waals surface area contributed by atoms with Gasteiger partial charge in [0, 0.05) is 31.6 Å². The maximum Gasteiger partial charge on any atom is 0.253 e. The molecule has 2 N–H and O–H groups in total. The van der Waals surface area contributed by atoms with E-state index in [4.69, 9.17) is 4.74 Å². The van der Waals surface area contributed by atoms with Gasteiger partial charge in [0.15, 0.2) is 0 Å². The molecule has 1 heterocycles. The van der Waals surface area contributed by atoms with Crippen molar-refractivity contribution in [1.29, 1.82) is 0 Å². The number of anilines is 1. The van der Waals surface area contributed by atoms with Gasteiger partial charge in [0.1, 0.15) is 5.75 Å². The van der Waals surface area contributed by atoms with E-state index in [1.807, 2.05) is 54.6 Å². The first kappa shape index (κ1) is 23.0. The van der Waals surface area contributed by atoms with Gasteiger partial charge in [0.2, 0.25) is 11.8 Å². The molecule has 7 heteroatoms. The number of rotatable bonds is 8. The van der Waals surface area contributed by atoms with E-state index in [-0.39, 0.29) is 30.7 Å². The predicted octanol–water partition coefficient (Wildman–Crippen LogP) is 3.61. The highest BCUT2D eigenvalue weighted by Crippen LogP contribution is 2.24. The van der Waals surface area contributed by atoms with Crippen LogP contribution < -0.4 is 15.4 Å². The first-order valence-corrected chi connectivity index (χ1v) is 11.2. The fourth-order valence-corrected chi connectivity index (χ4v) is 4.05. The van der Waals surface area contributed by atoms with Gasteiger partial charge in [-0.25, -0.2) is 0 Å². The van der Waals surface area contributed by atoms with Gasteiger partial charge in [0.25, 0.3) is 5.91 Å². The van der Waals surface area contributed by atoms with Gasteiger partial charge in [-0.05, 0) is 23.8 Å². The van der Waals surface area contributed by atoms with Crippen LogP contribution in [0.1, 0.15) is 27.9 Å². The van der Waals surface area contributed by atoms with Crippen molar-refractivity contribution in [2.45, 2.75) is 19.5 Å². The molecule has 1 saturated heterocycles. The minimum atomic E-state index is -0.471. The second kappa shape index (κ2) is 10.7. The number of methoxy groups -OCH3 is 1. The van der Waals surface area contributed by atoms with E-state index in [0.29, 0.717) is 30.1 Å². The lowest BCUT2D eigenvalue weighted by atomic mass is 10.1. The molecule has 0 bridgehead atoms. The number of ether oxygens (including phenoxy) is 1. The van der Waals surface area contributed by atoms with E-state index in [1.165, 1.54) is 0 Å². The van der Waals surface area contributed by atoms with E-state index >= 15 is 0 Å². The number of carbonyl (C=O) groups excluding carboxylic acids is 3. The van der Waals surface area contributed by atoms with Crippen molar-refractivity contribution in [2.75, 3.05) is 19.0 Å². The van der Waals surface area contributed by atoms with Gasteiger partial charge in [-0.1, -0.05) is 60.7 Å². The smallest absolute Gasteiger partial charge is 0.253 e. The van der Waals surface area contributed by atoms with Crippen LogP contribution in [0.5, 0.6) is 5.75 Å². The molecule has 34 heavy (non-hydrogen) atoms. The molecular formula is C27H27N3O4. The second-order valence-electron chi connectivity index (χ2n) is 8.19. The molecule has 1 atom stereocenters. The normalized spacial score (nSPS) is 15.1. The van der Waals surface area contributed by atoms with Crippen molar-refractivity contribution in [2.24, 2.45) is 5.92 Å². The summed E-state index contributed by atoms with van der Waals surface area (Å²) in [5, 5.41) is 5.74. The summed E-state index contributed by atoms with van der Waals surface area (Å²) >= 11 is 0. The number of benzene rings is 3. The summed E-state index contributed by atoms with van der Waals surface area (Å²) in [4.78, 5) is 40.0. The van der Waals surface area contributed by atoms with Gasteiger partial charge < -0.3 is 20.3 Å². The Balaban J connectivity index is 1.39. The molecule has 0 saturated carbocycles. The average molecular weight is 458 g/mol. The van der Waals surface area contributed by atoms with E-state index in [0.717, 1.165) is 11.1 Å². The molecule has 0 radical (unpaired) electrons. The molecule has 0 spiro atoms. The highest BCUT2D eigenvalue weighted by atomic mass is 16.5. The molecule has 1 aliphatic rings. The highest BCUT2D eigenvalue weighted by molar-refractivity contribution is 6.05. The molecule has 3 aromatic rings. The lowest BCUT2D eigenvalue weighted by molar-refractivity contribution is -0.128. The summed E-state index contributed by atoms with van der Waals surface area (Å²) in [6.07, 6.45) is 0.154. The molecule has 7 nitrogen and oxygen atoms in total. The summed E-state index contributed by atoms with van der Waals surface area (Å²) in [5.74, 6) is -0.410. The number of hydrogen-bond donors (Lipinski definition) is 2. The summed E-state index contributed by atoms with van der Waals surface area (Å²) in [6, 6.07) is 24.0. The van der Waals surface area contributed by atoms with Crippen molar-refractivity contribution in [3.05, 3.63) is 95.6 Å². The lowest BCUT2D eigenvalue weighted by Gasteiger charge is -2.17. The topological polar surface area (TPSA) is 87.7 Å². The molecule has 0 aliphatic carbocycles. The van der Waals surface area contributed by atoms with Crippen LogP contribution >= 0.6 is 0 Å². The van der Waals surface area contributed by atoms with E-state index in [2.05, 4.69) is 10.6 Å². The molecule has 1 aliphatic heterocycles. The van der Waals surface area contributed by atoms with Gasteiger partial charge in [-0.2, -0.15) is 0 Å². The van der Waals surface area contributed by atoms with E-state index < -0.39 is 5.92 Å². The van der Waals surface area contributed by atoms with Gasteiger partial charge in [-0.3, -0.25) is 14.4 Å². The minimum Gasteiger partial charge on any atom is -0.496 e. The number of nitrogens with zero attached hydrogens (tertiary/aromatic N) is 1. The summed E-state index contributed by atoms with van der Waals surface area (Å²) in [7, 11) is 1.58. The monoisotopic (exact) mass is 457 g/mol. The standard InChI is InChI=1S/C27H27N3O4/c1-34-24-14-8-5-11-20(24)16-28-27(33)22-12-6-7-13-23(22)29-26(32)21-15-25(31)30(18-21)17-19-9-3-2-4-10-19/h2-14,21H,15-18H2,1H3,(H,28,33)(H,29,32)/t21-/m0/s1. The Morgan fingerprint density at radius 3 is 2.47 bits per heavy atom. The van der Waals surface area contributed by atoms with Gasteiger partial charge in [-0.15, -0.1) is 0 Å². The number of hydrogen-bond acceptors (Lipinski definition) is 4. The van der Waals surface area contributed by atoms with Gasteiger partial charge in [0.05, 0.1) is 24.3 Å². The highest BCUT2D eigenvalue weighted by Gasteiger charge is 2.34. The Morgan fingerprint density at radius 1 is 0.971 bits per heavy atom. The van der Waals surface area contributed by atoms with Crippen LogP contribution in [-0.4, -0.2) is 36.3 Å². The maximum atomic E-state index is 13.0. The molecule has 3 aromatic carbocycles. The number of amides is 3. The molecular weight excluding hydrogens is 430 g/mol. The van der Waals surface area contributed by atoms with Crippen LogP contribution in [0.25, 0.3) is 0 Å². The Kier molecular flexibility index (Phi) is 7.22. The van der Waals surface area contributed by atoms with Crippen molar-refractivity contribution in [3.8, 4) is 5.75 Å². The van der Waals surface area contributed by atoms with Crippen molar-refractivity contribution >= 4 is 23.4 Å². The Bertz CT molecular complexity index is 1180. The largest absolute Gasteiger partial charge is 0.496 e. The lowest BCUT2D eigenvalue weighted by Crippen LogP contribution is -2.29. The number of nitrogens with one attached hydrogen (secondary N) is 2. The van der Waals surface area contributed by atoms with Crippen LogP contribution in [0, 0.1) is 5.92 Å². The van der Waals surface area contributed by atoms with Crippen molar-refractivity contribution < 1.29 is 19.1 Å². The fraction of sp³-hybridized carbons (Fsp3) is 0.222. The first-order valence-electron chi connectivity index (χ1n) is 11.2. The van der Waals surface area contributed by atoms with Crippen LogP contribution in [0.15, 0.2) is 78.9 Å². The van der Waals surface area contributed by atoms with Gasteiger partial charge >= 0.3 is 0 Å². The maximum absolute atomic E-state index is 13.0. The Labute approximate surface area is 198 Å². The van der Waals surface area contributed by atoms with Crippen LogP contribution in [-0.2, 0) is 22.7 Å². The average Bonchev–Trinajstić information content (AvgIpc) is 3.23.